The van der Waals surface area contributed by atoms with Gasteiger partial charge in [0.2, 0.25) is 0 Å². The highest BCUT2D eigenvalue weighted by Gasteiger charge is 2.29. The molecule has 20 heavy (non-hydrogen) atoms. The average molecular weight is 317 g/mol. The SMILES string of the molecule is CCS(=O)(=O)CCNC1CCS(=O)(=O)c2ccccc21. The number of hydrogen-bond donors (Lipinski definition) is 1. The van der Waals surface area contributed by atoms with Gasteiger partial charge in [-0.05, 0) is 18.1 Å². The Labute approximate surface area is 120 Å². The van der Waals surface area contributed by atoms with E-state index in [1.165, 1.54) is 0 Å². The molecule has 112 valence electrons. The average Bonchev–Trinajstić information content (AvgIpc) is 2.42. The van der Waals surface area contributed by atoms with Crippen molar-refractivity contribution < 1.29 is 16.8 Å². The van der Waals surface area contributed by atoms with Crippen LogP contribution in [-0.2, 0) is 19.7 Å². The molecule has 1 aromatic rings. The first-order valence-electron chi connectivity index (χ1n) is 6.61. The highest BCUT2D eigenvalue weighted by molar-refractivity contribution is 7.91. The lowest BCUT2D eigenvalue weighted by Crippen LogP contribution is -2.33. The van der Waals surface area contributed by atoms with E-state index < -0.39 is 19.7 Å². The van der Waals surface area contributed by atoms with E-state index in [2.05, 4.69) is 5.32 Å². The van der Waals surface area contributed by atoms with Crippen molar-refractivity contribution in [3.05, 3.63) is 29.8 Å². The lowest BCUT2D eigenvalue weighted by molar-refractivity contribution is 0.502. The molecule has 1 aromatic carbocycles. The summed E-state index contributed by atoms with van der Waals surface area (Å²) in [6.07, 6.45) is 0.478. The van der Waals surface area contributed by atoms with Crippen LogP contribution in [0.5, 0.6) is 0 Å². The Balaban J connectivity index is 2.12. The van der Waals surface area contributed by atoms with Gasteiger partial charge in [0.05, 0.1) is 16.4 Å². The van der Waals surface area contributed by atoms with Gasteiger partial charge in [0, 0.05) is 18.3 Å². The second-order valence-electron chi connectivity index (χ2n) is 4.89. The van der Waals surface area contributed by atoms with Gasteiger partial charge in [-0.25, -0.2) is 16.8 Å². The number of sulfone groups is 2. The van der Waals surface area contributed by atoms with Gasteiger partial charge < -0.3 is 5.32 Å². The van der Waals surface area contributed by atoms with Crippen LogP contribution in [0.25, 0.3) is 0 Å². The molecular weight excluding hydrogens is 298 g/mol. The van der Waals surface area contributed by atoms with Gasteiger partial charge in [-0.2, -0.15) is 0 Å². The quantitative estimate of drug-likeness (QED) is 0.874. The molecule has 0 aliphatic carbocycles. The summed E-state index contributed by atoms with van der Waals surface area (Å²) in [4.78, 5) is 0.363. The molecule has 1 aliphatic heterocycles. The van der Waals surface area contributed by atoms with Gasteiger partial charge in [0.25, 0.3) is 0 Å². The lowest BCUT2D eigenvalue weighted by atomic mass is 10.0. The standard InChI is InChI=1S/C13H19NO4S2/c1-2-19(15,16)10-8-14-12-7-9-20(17,18)13-6-4-3-5-11(12)13/h3-6,12,14H,2,7-10H2,1H3. The van der Waals surface area contributed by atoms with Crippen molar-refractivity contribution in [1.82, 2.24) is 5.32 Å². The third-order valence-electron chi connectivity index (χ3n) is 3.55. The van der Waals surface area contributed by atoms with E-state index >= 15 is 0 Å². The molecule has 1 N–H and O–H groups in total. The Bertz CT molecular complexity index is 680. The third kappa shape index (κ3) is 3.39. The number of nitrogens with one attached hydrogen (secondary N) is 1. The van der Waals surface area contributed by atoms with Gasteiger partial charge in [-0.15, -0.1) is 0 Å². The number of hydrogen-bond acceptors (Lipinski definition) is 5. The predicted octanol–water partition coefficient (Wildman–Crippen LogP) is 0.929. The van der Waals surface area contributed by atoms with Crippen molar-refractivity contribution in [1.29, 1.82) is 0 Å². The minimum atomic E-state index is -3.19. The predicted molar refractivity (Wildman–Crippen MR) is 78.2 cm³/mol. The number of fused-ring (bicyclic) bond motifs is 1. The zero-order valence-electron chi connectivity index (χ0n) is 11.4. The summed E-state index contributed by atoms with van der Waals surface area (Å²) in [7, 11) is -6.19. The summed E-state index contributed by atoms with van der Waals surface area (Å²) in [6, 6.07) is 6.82. The van der Waals surface area contributed by atoms with Crippen LogP contribution < -0.4 is 5.32 Å². The second kappa shape index (κ2) is 5.83. The first kappa shape index (κ1) is 15.5. The van der Waals surface area contributed by atoms with Crippen LogP contribution in [0.1, 0.15) is 24.9 Å². The van der Waals surface area contributed by atoms with Crippen LogP contribution in [0.15, 0.2) is 29.2 Å². The zero-order valence-corrected chi connectivity index (χ0v) is 13.0. The minimum Gasteiger partial charge on any atom is -0.309 e. The molecule has 1 aliphatic rings. The Morgan fingerprint density at radius 1 is 1.30 bits per heavy atom. The molecule has 0 aromatic heterocycles. The highest BCUT2D eigenvalue weighted by atomic mass is 32.2. The van der Waals surface area contributed by atoms with Crippen LogP contribution in [0.4, 0.5) is 0 Å². The summed E-state index contributed by atoms with van der Waals surface area (Å²) in [5.41, 5.74) is 0.743. The summed E-state index contributed by atoms with van der Waals surface area (Å²) in [5.74, 6) is 0.307. The van der Waals surface area contributed by atoms with Gasteiger partial charge in [0.15, 0.2) is 19.7 Å². The summed E-state index contributed by atoms with van der Waals surface area (Å²) in [6.45, 7) is 1.97. The van der Waals surface area contributed by atoms with E-state index in [4.69, 9.17) is 0 Å². The molecule has 7 heteroatoms. The Morgan fingerprint density at radius 3 is 2.70 bits per heavy atom. The Hall–Kier alpha value is -0.920. The maximum atomic E-state index is 12.0. The first-order valence-corrected chi connectivity index (χ1v) is 10.1. The highest BCUT2D eigenvalue weighted by Crippen LogP contribution is 2.31. The van der Waals surface area contributed by atoms with Gasteiger partial charge >= 0.3 is 0 Å². The summed E-state index contributed by atoms with van der Waals surface area (Å²) in [5, 5.41) is 3.16. The number of benzene rings is 1. The van der Waals surface area contributed by atoms with E-state index in [-0.39, 0.29) is 23.3 Å². The fraction of sp³-hybridized carbons (Fsp3) is 0.538. The Kier molecular flexibility index (Phi) is 4.51. The van der Waals surface area contributed by atoms with E-state index in [0.717, 1.165) is 5.56 Å². The van der Waals surface area contributed by atoms with Crippen molar-refractivity contribution >= 4 is 19.7 Å². The minimum absolute atomic E-state index is 0.0783. The summed E-state index contributed by atoms with van der Waals surface area (Å²) < 4.78 is 46.9. The fourth-order valence-corrected chi connectivity index (χ4v) is 4.67. The van der Waals surface area contributed by atoms with Crippen molar-refractivity contribution in [2.24, 2.45) is 0 Å². The van der Waals surface area contributed by atoms with Crippen LogP contribution in [0, 0.1) is 0 Å². The second-order valence-corrected chi connectivity index (χ2v) is 9.44. The van der Waals surface area contributed by atoms with E-state index in [1.54, 1.807) is 31.2 Å². The molecule has 5 nitrogen and oxygen atoms in total. The largest absolute Gasteiger partial charge is 0.309 e. The van der Waals surface area contributed by atoms with Gasteiger partial charge in [-0.3, -0.25) is 0 Å². The fourth-order valence-electron chi connectivity index (χ4n) is 2.34. The van der Waals surface area contributed by atoms with Gasteiger partial charge in [0.1, 0.15) is 0 Å². The molecule has 1 atom stereocenters. The maximum Gasteiger partial charge on any atom is 0.178 e. The molecule has 0 fully saturated rings. The van der Waals surface area contributed by atoms with E-state index in [1.807, 2.05) is 0 Å². The van der Waals surface area contributed by atoms with Crippen molar-refractivity contribution in [2.45, 2.75) is 24.3 Å². The Morgan fingerprint density at radius 2 is 2.00 bits per heavy atom. The normalized spacial score (nSPS) is 21.4. The molecular formula is C13H19NO4S2. The smallest absolute Gasteiger partial charge is 0.178 e. The van der Waals surface area contributed by atoms with Crippen LogP contribution in [0.3, 0.4) is 0 Å². The van der Waals surface area contributed by atoms with Gasteiger partial charge in [-0.1, -0.05) is 25.1 Å². The molecule has 0 bridgehead atoms. The molecule has 0 spiro atoms. The molecule has 2 rings (SSSR count). The monoisotopic (exact) mass is 317 g/mol. The van der Waals surface area contributed by atoms with Crippen molar-refractivity contribution in [3.8, 4) is 0 Å². The molecule has 1 heterocycles. The number of rotatable bonds is 5. The zero-order chi connectivity index (χ0) is 14.8. The molecule has 0 saturated heterocycles. The van der Waals surface area contributed by atoms with Crippen LogP contribution >= 0.6 is 0 Å². The summed E-state index contributed by atoms with van der Waals surface area (Å²) >= 11 is 0. The van der Waals surface area contributed by atoms with Crippen LogP contribution in [0.2, 0.25) is 0 Å². The van der Waals surface area contributed by atoms with E-state index in [9.17, 15) is 16.8 Å². The molecule has 1 unspecified atom stereocenters. The lowest BCUT2D eigenvalue weighted by Gasteiger charge is -2.26. The molecule has 0 saturated carbocycles. The maximum absolute atomic E-state index is 12.0. The van der Waals surface area contributed by atoms with Crippen molar-refractivity contribution in [2.75, 3.05) is 23.8 Å². The third-order valence-corrected chi connectivity index (χ3v) is 7.07. The van der Waals surface area contributed by atoms with E-state index in [0.29, 0.717) is 17.9 Å². The first-order chi connectivity index (χ1) is 9.36. The van der Waals surface area contributed by atoms with Crippen molar-refractivity contribution in [3.63, 3.8) is 0 Å². The molecule has 0 radical (unpaired) electrons. The molecule has 0 amide bonds. The topological polar surface area (TPSA) is 80.3 Å². The van der Waals surface area contributed by atoms with Crippen LogP contribution in [-0.4, -0.2) is 40.6 Å².